The van der Waals surface area contributed by atoms with E-state index in [1.165, 1.54) is 36.5 Å². The van der Waals surface area contributed by atoms with Crippen LogP contribution in [0.25, 0.3) is 33.5 Å². The van der Waals surface area contributed by atoms with Gasteiger partial charge in [0.1, 0.15) is 28.8 Å². The van der Waals surface area contributed by atoms with Crippen LogP contribution in [0, 0.1) is 30.2 Å². The Morgan fingerprint density at radius 1 is 0.568 bits per heavy atom. The first-order chi connectivity index (χ1) is 20.7. The van der Waals surface area contributed by atoms with E-state index >= 15 is 0 Å². The number of alkyl halides is 5. The number of hydrogen-bond donors (Lipinski definition) is 0. The molecule has 0 aliphatic rings. The van der Waals surface area contributed by atoms with Crippen LogP contribution >= 0.6 is 0 Å². The van der Waals surface area contributed by atoms with Gasteiger partial charge in [0.25, 0.3) is 0 Å². The summed E-state index contributed by atoms with van der Waals surface area (Å²) in [6, 6.07) is 15.5. The number of aromatic nitrogens is 1. The van der Waals surface area contributed by atoms with Crippen molar-refractivity contribution in [3.05, 3.63) is 126 Å². The largest absolute Gasteiger partial charge is 0.573 e. The van der Waals surface area contributed by atoms with Crippen molar-refractivity contribution in [3.63, 3.8) is 0 Å². The summed E-state index contributed by atoms with van der Waals surface area (Å²) in [5, 5.41) is 0. The molecule has 1 heterocycles. The van der Waals surface area contributed by atoms with E-state index in [0.717, 1.165) is 42.0 Å². The normalized spacial score (nSPS) is 11.9. The van der Waals surface area contributed by atoms with Crippen molar-refractivity contribution in [2.75, 3.05) is 0 Å². The van der Waals surface area contributed by atoms with Gasteiger partial charge in [-0.2, -0.15) is 8.78 Å². The summed E-state index contributed by atoms with van der Waals surface area (Å²) in [5.41, 5.74) is -0.246. The molecule has 3 nitrogen and oxygen atoms in total. The van der Waals surface area contributed by atoms with Crippen LogP contribution in [0.1, 0.15) is 11.1 Å². The maximum absolute atomic E-state index is 14.9. The Kier molecular flexibility index (Phi) is 8.02. The molecule has 0 radical (unpaired) electrons. The molecular formula is C32H18F9NO2. The third-order valence-corrected chi connectivity index (χ3v) is 6.41. The van der Waals surface area contributed by atoms with E-state index in [-0.39, 0.29) is 27.9 Å². The van der Waals surface area contributed by atoms with Gasteiger partial charge in [0.05, 0.1) is 5.69 Å². The Morgan fingerprint density at radius 2 is 1.16 bits per heavy atom. The molecule has 5 rings (SSSR count). The van der Waals surface area contributed by atoms with Crippen molar-refractivity contribution >= 4 is 0 Å². The topological polar surface area (TPSA) is 31.4 Å². The van der Waals surface area contributed by atoms with E-state index in [1.54, 1.807) is 13.0 Å². The van der Waals surface area contributed by atoms with Crippen molar-refractivity contribution in [1.82, 2.24) is 4.98 Å². The number of pyridine rings is 1. The van der Waals surface area contributed by atoms with Crippen LogP contribution in [0.15, 0.2) is 91.1 Å². The monoisotopic (exact) mass is 619 g/mol. The second-order valence-electron chi connectivity index (χ2n) is 9.57. The fourth-order valence-corrected chi connectivity index (χ4v) is 4.36. The standard InChI is InChI=1S/C32H18F9NO2/c1-17-2-10-28(42-16-17)21-14-26(35)30(27(36)15-21)31(37,38)43-22-7-3-18(4-8-22)19-5-9-23(24(33)12-19)20-6-11-29(25(34)13-20)44-32(39,40)41/h2-16H,1H3. The molecule has 0 spiro atoms. The molecule has 5 aromatic rings. The number of halogens is 9. The van der Waals surface area contributed by atoms with Gasteiger partial charge in [0, 0.05) is 17.3 Å². The molecule has 226 valence electrons. The third kappa shape index (κ3) is 6.64. The van der Waals surface area contributed by atoms with Crippen molar-refractivity contribution in [3.8, 4) is 45.0 Å². The minimum Gasteiger partial charge on any atom is -0.429 e. The summed E-state index contributed by atoms with van der Waals surface area (Å²) in [7, 11) is 0. The molecule has 12 heteroatoms. The molecule has 0 aliphatic heterocycles. The number of hydrogen-bond acceptors (Lipinski definition) is 3. The van der Waals surface area contributed by atoms with E-state index < -0.39 is 52.8 Å². The minimum absolute atomic E-state index is 0.0419. The summed E-state index contributed by atoms with van der Waals surface area (Å²) in [4.78, 5) is 4.04. The van der Waals surface area contributed by atoms with Gasteiger partial charge in [-0.15, -0.1) is 13.2 Å². The molecule has 0 bridgehead atoms. The van der Waals surface area contributed by atoms with Gasteiger partial charge in [0.2, 0.25) is 0 Å². The first-order valence-electron chi connectivity index (χ1n) is 12.7. The van der Waals surface area contributed by atoms with Crippen molar-refractivity contribution in [2.24, 2.45) is 0 Å². The zero-order valence-electron chi connectivity index (χ0n) is 22.3. The van der Waals surface area contributed by atoms with Crippen LogP contribution in [-0.4, -0.2) is 11.3 Å². The third-order valence-electron chi connectivity index (χ3n) is 6.41. The lowest BCUT2D eigenvalue weighted by Gasteiger charge is -2.20. The fourth-order valence-electron chi connectivity index (χ4n) is 4.36. The molecule has 0 fully saturated rings. The highest BCUT2D eigenvalue weighted by molar-refractivity contribution is 5.72. The number of rotatable bonds is 7. The van der Waals surface area contributed by atoms with Gasteiger partial charge in [-0.1, -0.05) is 36.4 Å². The molecule has 0 saturated heterocycles. The molecule has 0 N–H and O–H groups in total. The SMILES string of the molecule is Cc1ccc(-c2cc(F)c(C(F)(F)Oc3ccc(-c4ccc(-c5ccc(OC(F)(F)F)c(F)c5)c(F)c4)cc3)c(F)c2)nc1. The van der Waals surface area contributed by atoms with Crippen LogP contribution in [0.2, 0.25) is 0 Å². The van der Waals surface area contributed by atoms with Crippen LogP contribution in [0.3, 0.4) is 0 Å². The Hall–Kier alpha value is -5.00. The Bertz CT molecular complexity index is 1800. The van der Waals surface area contributed by atoms with Crippen molar-refractivity contribution in [1.29, 1.82) is 0 Å². The first-order valence-corrected chi connectivity index (χ1v) is 12.7. The van der Waals surface area contributed by atoms with E-state index in [0.29, 0.717) is 17.7 Å². The summed E-state index contributed by atoms with van der Waals surface area (Å²) in [6.45, 7) is 1.76. The zero-order chi connectivity index (χ0) is 31.8. The summed E-state index contributed by atoms with van der Waals surface area (Å²) in [6.07, 6.45) is -8.05. The lowest BCUT2D eigenvalue weighted by molar-refractivity contribution is -0.275. The van der Waals surface area contributed by atoms with Crippen molar-refractivity contribution < 1.29 is 49.0 Å². The molecule has 0 saturated carbocycles. The Labute approximate surface area is 244 Å². The van der Waals surface area contributed by atoms with Gasteiger partial charge >= 0.3 is 12.5 Å². The van der Waals surface area contributed by atoms with Gasteiger partial charge in [-0.05, 0) is 77.7 Å². The molecule has 4 aromatic carbocycles. The molecule has 1 aromatic heterocycles. The highest BCUT2D eigenvalue weighted by Crippen LogP contribution is 2.38. The quantitative estimate of drug-likeness (QED) is 0.170. The Morgan fingerprint density at radius 3 is 1.73 bits per heavy atom. The predicted molar refractivity (Wildman–Crippen MR) is 143 cm³/mol. The smallest absolute Gasteiger partial charge is 0.429 e. The fraction of sp³-hybridized carbons (Fsp3) is 0.0938. The summed E-state index contributed by atoms with van der Waals surface area (Å²) < 4.78 is 134. The molecule has 0 atom stereocenters. The highest BCUT2D eigenvalue weighted by atomic mass is 19.4. The van der Waals surface area contributed by atoms with Gasteiger partial charge in [-0.3, -0.25) is 4.98 Å². The molecular weight excluding hydrogens is 601 g/mol. The Balaban J connectivity index is 1.33. The number of aryl methyl sites for hydroxylation is 1. The summed E-state index contributed by atoms with van der Waals surface area (Å²) in [5.74, 6) is -6.81. The lowest BCUT2D eigenvalue weighted by atomic mass is 9.99. The number of benzene rings is 4. The van der Waals surface area contributed by atoms with Gasteiger partial charge < -0.3 is 9.47 Å². The van der Waals surface area contributed by atoms with E-state index in [4.69, 9.17) is 0 Å². The van der Waals surface area contributed by atoms with Crippen LogP contribution in [-0.2, 0) is 6.11 Å². The predicted octanol–water partition coefficient (Wildman–Crippen LogP) is 9.97. The second kappa shape index (κ2) is 11.6. The maximum Gasteiger partial charge on any atom is 0.573 e. The average molecular weight is 619 g/mol. The van der Waals surface area contributed by atoms with E-state index in [1.807, 2.05) is 0 Å². The maximum atomic E-state index is 14.9. The second-order valence-corrected chi connectivity index (χ2v) is 9.57. The zero-order valence-corrected chi connectivity index (χ0v) is 22.3. The highest BCUT2D eigenvalue weighted by Gasteiger charge is 2.41. The first kappa shape index (κ1) is 30.5. The van der Waals surface area contributed by atoms with Crippen LogP contribution in [0.4, 0.5) is 39.5 Å². The van der Waals surface area contributed by atoms with E-state index in [9.17, 15) is 39.5 Å². The van der Waals surface area contributed by atoms with Crippen LogP contribution in [0.5, 0.6) is 11.5 Å². The van der Waals surface area contributed by atoms with Crippen molar-refractivity contribution in [2.45, 2.75) is 19.4 Å². The lowest BCUT2D eigenvalue weighted by Crippen LogP contribution is -2.25. The number of ether oxygens (including phenoxy) is 2. The molecule has 0 aliphatic carbocycles. The molecule has 44 heavy (non-hydrogen) atoms. The van der Waals surface area contributed by atoms with E-state index in [2.05, 4.69) is 14.5 Å². The molecule has 0 amide bonds. The van der Waals surface area contributed by atoms with Gasteiger partial charge in [0.15, 0.2) is 11.6 Å². The van der Waals surface area contributed by atoms with Crippen LogP contribution < -0.4 is 9.47 Å². The molecule has 0 unspecified atom stereocenters. The number of nitrogens with zero attached hydrogens (tertiary/aromatic N) is 1. The minimum atomic E-state index is -5.11. The average Bonchev–Trinajstić information content (AvgIpc) is 2.93. The summed E-state index contributed by atoms with van der Waals surface area (Å²) >= 11 is 0. The van der Waals surface area contributed by atoms with Gasteiger partial charge in [-0.25, -0.2) is 17.6 Å².